The number of nitrogen functional groups attached to an aromatic ring is 1. The molecular weight excluding hydrogens is 186 g/mol. The van der Waals surface area contributed by atoms with Crippen LogP contribution in [0.3, 0.4) is 0 Å². The molecule has 2 heteroatoms. The predicted molar refractivity (Wildman–Crippen MR) is 64.6 cm³/mol. The van der Waals surface area contributed by atoms with Crippen LogP contribution >= 0.6 is 0 Å². The zero-order valence-corrected chi connectivity index (χ0v) is 9.83. The second-order valence-corrected chi connectivity index (χ2v) is 5.07. The Morgan fingerprint density at radius 2 is 1.80 bits per heavy atom. The highest BCUT2D eigenvalue weighted by Crippen LogP contribution is 2.20. The minimum atomic E-state index is -0.576. The SMILES string of the molecule is CC(Cc1ccc(N)cc1)CC(C)(C)O. The lowest BCUT2D eigenvalue weighted by Crippen LogP contribution is -2.22. The maximum atomic E-state index is 9.69. The highest BCUT2D eigenvalue weighted by molar-refractivity contribution is 5.39. The van der Waals surface area contributed by atoms with E-state index in [0.29, 0.717) is 5.92 Å². The molecule has 0 aliphatic rings. The van der Waals surface area contributed by atoms with Crippen molar-refractivity contribution in [2.24, 2.45) is 5.92 Å². The van der Waals surface area contributed by atoms with E-state index in [1.54, 1.807) is 0 Å². The van der Waals surface area contributed by atoms with Crippen LogP contribution in [-0.4, -0.2) is 10.7 Å². The van der Waals surface area contributed by atoms with Crippen molar-refractivity contribution in [3.8, 4) is 0 Å². The van der Waals surface area contributed by atoms with Gasteiger partial charge in [0.1, 0.15) is 0 Å². The lowest BCUT2D eigenvalue weighted by molar-refractivity contribution is 0.0553. The fraction of sp³-hybridized carbons (Fsp3) is 0.538. The molecule has 1 atom stereocenters. The standard InChI is InChI=1S/C13H21NO/c1-10(9-13(2,3)15)8-11-4-6-12(14)7-5-11/h4-7,10,15H,8-9,14H2,1-3H3. The normalized spacial score (nSPS) is 13.9. The molecule has 0 spiro atoms. The summed E-state index contributed by atoms with van der Waals surface area (Å²) < 4.78 is 0. The summed E-state index contributed by atoms with van der Waals surface area (Å²) in [5, 5.41) is 9.69. The van der Waals surface area contributed by atoms with Gasteiger partial charge in [0.2, 0.25) is 0 Å². The van der Waals surface area contributed by atoms with E-state index in [4.69, 9.17) is 5.73 Å². The summed E-state index contributed by atoms with van der Waals surface area (Å²) >= 11 is 0. The van der Waals surface area contributed by atoms with Gasteiger partial charge in [0.05, 0.1) is 5.60 Å². The zero-order chi connectivity index (χ0) is 11.5. The fourth-order valence-corrected chi connectivity index (χ4v) is 1.98. The molecule has 15 heavy (non-hydrogen) atoms. The largest absolute Gasteiger partial charge is 0.399 e. The van der Waals surface area contributed by atoms with Gasteiger partial charge in [-0.25, -0.2) is 0 Å². The van der Waals surface area contributed by atoms with Gasteiger partial charge in [0.25, 0.3) is 0 Å². The molecule has 84 valence electrons. The number of hydrogen-bond acceptors (Lipinski definition) is 2. The number of anilines is 1. The molecule has 0 aliphatic carbocycles. The van der Waals surface area contributed by atoms with Crippen LogP contribution in [0.2, 0.25) is 0 Å². The minimum absolute atomic E-state index is 0.480. The Morgan fingerprint density at radius 3 is 2.27 bits per heavy atom. The molecule has 0 bridgehead atoms. The van der Waals surface area contributed by atoms with Gasteiger partial charge in [0.15, 0.2) is 0 Å². The molecule has 3 N–H and O–H groups in total. The summed E-state index contributed by atoms with van der Waals surface area (Å²) in [4.78, 5) is 0. The molecule has 0 amide bonds. The number of nitrogens with two attached hydrogens (primary N) is 1. The van der Waals surface area contributed by atoms with Crippen LogP contribution < -0.4 is 5.73 Å². The quantitative estimate of drug-likeness (QED) is 0.745. The van der Waals surface area contributed by atoms with E-state index in [9.17, 15) is 5.11 Å². The molecule has 0 heterocycles. The van der Waals surface area contributed by atoms with Gasteiger partial charge in [-0.2, -0.15) is 0 Å². The number of benzene rings is 1. The lowest BCUT2D eigenvalue weighted by atomic mass is 9.90. The molecule has 0 radical (unpaired) electrons. The maximum Gasteiger partial charge on any atom is 0.0594 e. The molecule has 0 aromatic heterocycles. The highest BCUT2D eigenvalue weighted by Gasteiger charge is 2.17. The first-order valence-corrected chi connectivity index (χ1v) is 5.43. The second kappa shape index (κ2) is 4.67. The van der Waals surface area contributed by atoms with Crippen molar-refractivity contribution < 1.29 is 5.11 Å². The van der Waals surface area contributed by atoms with Crippen LogP contribution in [0.5, 0.6) is 0 Å². The maximum absolute atomic E-state index is 9.69. The topological polar surface area (TPSA) is 46.2 Å². The van der Waals surface area contributed by atoms with Crippen LogP contribution in [0.4, 0.5) is 5.69 Å². The van der Waals surface area contributed by atoms with E-state index in [0.717, 1.165) is 18.5 Å². The van der Waals surface area contributed by atoms with E-state index in [1.165, 1.54) is 5.56 Å². The predicted octanol–water partition coefficient (Wildman–Crippen LogP) is 2.61. The third kappa shape index (κ3) is 4.84. The van der Waals surface area contributed by atoms with Crippen LogP contribution in [0.25, 0.3) is 0 Å². The lowest BCUT2D eigenvalue weighted by Gasteiger charge is -2.22. The number of aliphatic hydroxyl groups is 1. The van der Waals surface area contributed by atoms with Gasteiger partial charge in [-0.05, 0) is 50.3 Å². The monoisotopic (exact) mass is 207 g/mol. The van der Waals surface area contributed by atoms with E-state index in [2.05, 4.69) is 19.1 Å². The molecule has 1 aromatic rings. The van der Waals surface area contributed by atoms with Gasteiger partial charge < -0.3 is 10.8 Å². The summed E-state index contributed by atoms with van der Waals surface area (Å²) in [5.41, 5.74) is 7.12. The van der Waals surface area contributed by atoms with Crippen molar-refractivity contribution >= 4 is 5.69 Å². The molecule has 0 saturated carbocycles. The van der Waals surface area contributed by atoms with Crippen molar-refractivity contribution in [2.75, 3.05) is 5.73 Å². The number of hydrogen-bond donors (Lipinski definition) is 2. The first-order chi connectivity index (χ1) is 6.87. The first kappa shape index (κ1) is 12.1. The van der Waals surface area contributed by atoms with Gasteiger partial charge in [0, 0.05) is 5.69 Å². The molecule has 2 nitrogen and oxygen atoms in total. The van der Waals surface area contributed by atoms with Crippen LogP contribution in [0.1, 0.15) is 32.8 Å². The third-order valence-corrected chi connectivity index (χ3v) is 2.41. The molecule has 1 unspecified atom stereocenters. The molecule has 0 saturated heterocycles. The molecule has 0 fully saturated rings. The minimum Gasteiger partial charge on any atom is -0.399 e. The van der Waals surface area contributed by atoms with Crippen LogP contribution in [0.15, 0.2) is 24.3 Å². The second-order valence-electron chi connectivity index (χ2n) is 5.07. The average Bonchev–Trinajstić information content (AvgIpc) is 2.05. The van der Waals surface area contributed by atoms with E-state index in [-0.39, 0.29) is 0 Å². The Balaban J connectivity index is 2.51. The van der Waals surface area contributed by atoms with E-state index >= 15 is 0 Å². The van der Waals surface area contributed by atoms with Crippen molar-refractivity contribution in [3.05, 3.63) is 29.8 Å². The Labute approximate surface area is 92.1 Å². The fourth-order valence-electron chi connectivity index (χ4n) is 1.98. The molecular formula is C13H21NO. The molecule has 1 rings (SSSR count). The summed E-state index contributed by atoms with van der Waals surface area (Å²) in [5.74, 6) is 0.480. The van der Waals surface area contributed by atoms with Gasteiger partial charge in [-0.1, -0.05) is 19.1 Å². The van der Waals surface area contributed by atoms with Gasteiger partial charge in [-0.15, -0.1) is 0 Å². The van der Waals surface area contributed by atoms with Gasteiger partial charge >= 0.3 is 0 Å². The average molecular weight is 207 g/mol. The van der Waals surface area contributed by atoms with Crippen molar-refractivity contribution in [2.45, 2.75) is 39.2 Å². The highest BCUT2D eigenvalue weighted by atomic mass is 16.3. The Bertz CT molecular complexity index is 297. The van der Waals surface area contributed by atoms with Crippen molar-refractivity contribution in [1.82, 2.24) is 0 Å². The zero-order valence-electron chi connectivity index (χ0n) is 9.83. The van der Waals surface area contributed by atoms with Crippen LogP contribution in [0, 0.1) is 5.92 Å². The van der Waals surface area contributed by atoms with Crippen LogP contribution in [-0.2, 0) is 6.42 Å². The smallest absolute Gasteiger partial charge is 0.0594 e. The Morgan fingerprint density at radius 1 is 1.27 bits per heavy atom. The van der Waals surface area contributed by atoms with E-state index < -0.39 is 5.60 Å². The number of rotatable bonds is 4. The summed E-state index contributed by atoms with van der Waals surface area (Å²) in [6.07, 6.45) is 1.81. The van der Waals surface area contributed by atoms with Crippen molar-refractivity contribution in [1.29, 1.82) is 0 Å². The Hall–Kier alpha value is -1.02. The summed E-state index contributed by atoms with van der Waals surface area (Å²) in [6, 6.07) is 7.95. The molecule has 0 aliphatic heterocycles. The summed E-state index contributed by atoms with van der Waals surface area (Å²) in [6.45, 7) is 5.87. The molecule has 1 aromatic carbocycles. The Kier molecular flexibility index (Phi) is 3.75. The van der Waals surface area contributed by atoms with Gasteiger partial charge in [-0.3, -0.25) is 0 Å². The third-order valence-electron chi connectivity index (χ3n) is 2.41. The van der Waals surface area contributed by atoms with E-state index in [1.807, 2.05) is 26.0 Å². The van der Waals surface area contributed by atoms with Crippen molar-refractivity contribution in [3.63, 3.8) is 0 Å². The summed E-state index contributed by atoms with van der Waals surface area (Å²) in [7, 11) is 0. The first-order valence-electron chi connectivity index (χ1n) is 5.43.